The van der Waals surface area contributed by atoms with Crippen LogP contribution in [0.5, 0.6) is 0 Å². The predicted octanol–water partition coefficient (Wildman–Crippen LogP) is 4.35. The van der Waals surface area contributed by atoms with E-state index in [0.29, 0.717) is 5.92 Å². The van der Waals surface area contributed by atoms with Gasteiger partial charge in [0.05, 0.1) is 6.42 Å². The molecular formula is C18H22ClFO3. The van der Waals surface area contributed by atoms with Gasteiger partial charge in [0.2, 0.25) is 0 Å². The number of hydrogen-bond donors (Lipinski definition) is 0. The lowest BCUT2D eigenvalue weighted by Gasteiger charge is -2.27. The molecular weight excluding hydrogens is 319 g/mol. The second kappa shape index (κ2) is 7.91. The molecule has 1 aliphatic rings. The molecule has 3 nitrogen and oxygen atoms in total. The zero-order valence-electron chi connectivity index (χ0n) is 13.5. The lowest BCUT2D eigenvalue weighted by molar-refractivity contribution is -0.155. The summed E-state index contributed by atoms with van der Waals surface area (Å²) in [6, 6.07) is 4.24. The van der Waals surface area contributed by atoms with Gasteiger partial charge in [-0.1, -0.05) is 37.4 Å². The van der Waals surface area contributed by atoms with Crippen LogP contribution in [0.25, 0.3) is 0 Å². The van der Waals surface area contributed by atoms with Crippen LogP contribution >= 0.6 is 11.6 Å². The number of ether oxygens (including phenoxy) is 1. The van der Waals surface area contributed by atoms with Crippen LogP contribution in [-0.2, 0) is 20.7 Å². The van der Waals surface area contributed by atoms with Crippen molar-refractivity contribution in [2.75, 3.05) is 0 Å². The van der Waals surface area contributed by atoms with E-state index in [1.54, 1.807) is 6.92 Å². The zero-order valence-corrected chi connectivity index (χ0v) is 14.2. The fraction of sp³-hybridized carbons (Fsp3) is 0.556. The third-order valence-electron chi connectivity index (χ3n) is 4.51. The predicted molar refractivity (Wildman–Crippen MR) is 86.8 cm³/mol. The summed E-state index contributed by atoms with van der Waals surface area (Å²) < 4.78 is 18.9. The van der Waals surface area contributed by atoms with Crippen LogP contribution in [0, 0.1) is 17.7 Å². The Bertz CT molecular complexity index is 559. The molecule has 1 aromatic carbocycles. The number of esters is 1. The van der Waals surface area contributed by atoms with E-state index in [-0.39, 0.29) is 28.7 Å². The molecule has 0 aliphatic heterocycles. The average Bonchev–Trinajstić information content (AvgIpc) is 2.51. The summed E-state index contributed by atoms with van der Waals surface area (Å²) in [6.07, 6.45) is 2.68. The quantitative estimate of drug-likeness (QED) is 0.748. The van der Waals surface area contributed by atoms with Gasteiger partial charge in [0, 0.05) is 16.5 Å². The number of benzene rings is 1. The van der Waals surface area contributed by atoms with Gasteiger partial charge in [-0.2, -0.15) is 0 Å². The van der Waals surface area contributed by atoms with Gasteiger partial charge in [-0.3, -0.25) is 9.59 Å². The highest BCUT2D eigenvalue weighted by molar-refractivity contribution is 6.31. The van der Waals surface area contributed by atoms with Crippen molar-refractivity contribution in [2.45, 2.75) is 52.1 Å². The summed E-state index contributed by atoms with van der Waals surface area (Å²) >= 11 is 5.89. The SMILES string of the molecule is CC1CCC(C(=O)C(C)OC(=O)Cc2c(F)cccc2Cl)CC1. The maximum absolute atomic E-state index is 13.7. The first-order chi connectivity index (χ1) is 10.9. The highest BCUT2D eigenvalue weighted by Gasteiger charge is 2.29. The second-order valence-corrected chi connectivity index (χ2v) is 6.78. The number of rotatable bonds is 5. The molecule has 0 aromatic heterocycles. The van der Waals surface area contributed by atoms with E-state index in [0.717, 1.165) is 25.7 Å². The van der Waals surface area contributed by atoms with Crippen LogP contribution in [0.4, 0.5) is 4.39 Å². The summed E-state index contributed by atoms with van der Waals surface area (Å²) in [4.78, 5) is 24.3. The Balaban J connectivity index is 1.90. The Kier molecular flexibility index (Phi) is 6.17. The van der Waals surface area contributed by atoms with Crippen molar-refractivity contribution >= 4 is 23.4 Å². The molecule has 1 atom stereocenters. The largest absolute Gasteiger partial charge is 0.454 e. The van der Waals surface area contributed by atoms with E-state index in [1.165, 1.54) is 18.2 Å². The first kappa shape index (κ1) is 17.9. The number of carbonyl (C=O) groups excluding carboxylic acids is 2. The van der Waals surface area contributed by atoms with Gasteiger partial charge < -0.3 is 4.74 Å². The number of halogens is 2. The topological polar surface area (TPSA) is 43.4 Å². The van der Waals surface area contributed by atoms with Crippen molar-refractivity contribution in [1.82, 2.24) is 0 Å². The van der Waals surface area contributed by atoms with E-state index < -0.39 is 17.9 Å². The van der Waals surface area contributed by atoms with Crippen LogP contribution < -0.4 is 0 Å². The molecule has 0 bridgehead atoms. The normalized spacial score (nSPS) is 22.4. The van der Waals surface area contributed by atoms with E-state index in [1.807, 2.05) is 0 Å². The molecule has 126 valence electrons. The van der Waals surface area contributed by atoms with Crippen molar-refractivity contribution < 1.29 is 18.7 Å². The molecule has 0 N–H and O–H groups in total. The summed E-state index contributed by atoms with van der Waals surface area (Å²) in [5.74, 6) is -0.604. The smallest absolute Gasteiger partial charge is 0.311 e. The Labute approximate surface area is 141 Å². The molecule has 2 rings (SSSR count). The Morgan fingerprint density at radius 3 is 2.57 bits per heavy atom. The van der Waals surface area contributed by atoms with E-state index in [2.05, 4.69) is 6.92 Å². The van der Waals surface area contributed by atoms with Crippen LogP contribution in [-0.4, -0.2) is 17.9 Å². The monoisotopic (exact) mass is 340 g/mol. The molecule has 23 heavy (non-hydrogen) atoms. The van der Waals surface area contributed by atoms with Crippen molar-refractivity contribution in [3.63, 3.8) is 0 Å². The van der Waals surface area contributed by atoms with Crippen molar-refractivity contribution in [3.05, 3.63) is 34.6 Å². The van der Waals surface area contributed by atoms with E-state index in [4.69, 9.17) is 16.3 Å². The Morgan fingerprint density at radius 1 is 1.30 bits per heavy atom. The maximum atomic E-state index is 13.7. The van der Waals surface area contributed by atoms with Crippen LogP contribution in [0.3, 0.4) is 0 Å². The fourth-order valence-electron chi connectivity index (χ4n) is 3.02. The summed E-state index contributed by atoms with van der Waals surface area (Å²) in [5.41, 5.74) is 0.102. The standard InChI is InChI=1S/C18H22ClFO3/c1-11-6-8-13(9-7-11)18(22)12(2)23-17(21)10-14-15(19)4-3-5-16(14)20/h3-5,11-13H,6-10H2,1-2H3. The molecule has 5 heteroatoms. The van der Waals surface area contributed by atoms with Crippen molar-refractivity contribution in [3.8, 4) is 0 Å². The van der Waals surface area contributed by atoms with Gasteiger partial charge in [-0.15, -0.1) is 0 Å². The fourth-order valence-corrected chi connectivity index (χ4v) is 3.25. The molecule has 0 radical (unpaired) electrons. The van der Waals surface area contributed by atoms with Gasteiger partial charge in [0.15, 0.2) is 11.9 Å². The van der Waals surface area contributed by atoms with Crippen molar-refractivity contribution in [1.29, 1.82) is 0 Å². The lowest BCUT2D eigenvalue weighted by Crippen LogP contribution is -2.32. The first-order valence-electron chi connectivity index (χ1n) is 8.04. The van der Waals surface area contributed by atoms with Gasteiger partial charge in [0.1, 0.15) is 5.82 Å². The minimum absolute atomic E-state index is 0.0361. The minimum Gasteiger partial charge on any atom is -0.454 e. The summed E-state index contributed by atoms with van der Waals surface area (Å²) in [7, 11) is 0. The minimum atomic E-state index is -0.800. The number of ketones is 1. The molecule has 1 aliphatic carbocycles. The number of Topliss-reactive ketones (excluding diaryl/α,β-unsaturated/α-hetero) is 1. The Morgan fingerprint density at radius 2 is 1.96 bits per heavy atom. The molecule has 0 saturated heterocycles. The Hall–Kier alpha value is -1.42. The third kappa shape index (κ3) is 4.77. The number of carbonyl (C=O) groups is 2. The zero-order chi connectivity index (χ0) is 17.0. The van der Waals surface area contributed by atoms with Crippen LogP contribution in [0.1, 0.15) is 45.1 Å². The summed E-state index contributed by atoms with van der Waals surface area (Å²) in [6.45, 7) is 3.77. The lowest BCUT2D eigenvalue weighted by atomic mass is 9.80. The van der Waals surface area contributed by atoms with E-state index >= 15 is 0 Å². The molecule has 0 spiro atoms. The van der Waals surface area contributed by atoms with Gasteiger partial charge in [-0.25, -0.2) is 4.39 Å². The molecule has 0 amide bonds. The molecule has 1 saturated carbocycles. The van der Waals surface area contributed by atoms with Crippen LogP contribution in [0.15, 0.2) is 18.2 Å². The number of hydrogen-bond acceptors (Lipinski definition) is 3. The second-order valence-electron chi connectivity index (χ2n) is 6.37. The molecule has 0 heterocycles. The average molecular weight is 341 g/mol. The summed E-state index contributed by atoms with van der Waals surface area (Å²) in [5, 5.41) is 0.183. The highest BCUT2D eigenvalue weighted by Crippen LogP contribution is 2.30. The van der Waals surface area contributed by atoms with Gasteiger partial charge >= 0.3 is 5.97 Å². The van der Waals surface area contributed by atoms with E-state index in [9.17, 15) is 14.0 Å². The highest BCUT2D eigenvalue weighted by atomic mass is 35.5. The first-order valence-corrected chi connectivity index (χ1v) is 8.42. The van der Waals surface area contributed by atoms with Gasteiger partial charge in [-0.05, 0) is 37.8 Å². The molecule has 1 unspecified atom stereocenters. The van der Waals surface area contributed by atoms with Gasteiger partial charge in [0.25, 0.3) is 0 Å². The van der Waals surface area contributed by atoms with Crippen molar-refractivity contribution in [2.24, 2.45) is 11.8 Å². The third-order valence-corrected chi connectivity index (χ3v) is 4.86. The van der Waals surface area contributed by atoms with Crippen LogP contribution in [0.2, 0.25) is 5.02 Å². The maximum Gasteiger partial charge on any atom is 0.311 e. The molecule has 1 fully saturated rings. The molecule has 1 aromatic rings.